The van der Waals surface area contributed by atoms with Crippen molar-refractivity contribution in [3.8, 4) is 11.5 Å². The van der Waals surface area contributed by atoms with Gasteiger partial charge < -0.3 is 14.8 Å². The minimum Gasteiger partial charge on any atom is -0.493 e. The molecule has 7 nitrogen and oxygen atoms in total. The number of hydrogen-bond donors (Lipinski definition) is 1. The highest BCUT2D eigenvalue weighted by atomic mass is 32.2. The van der Waals surface area contributed by atoms with E-state index in [1.807, 2.05) is 0 Å². The number of ether oxygens (including phenoxy) is 2. The molecule has 25 heavy (non-hydrogen) atoms. The first-order valence-corrected chi connectivity index (χ1v) is 8.49. The van der Waals surface area contributed by atoms with Gasteiger partial charge in [0.15, 0.2) is 16.7 Å². The predicted molar refractivity (Wildman–Crippen MR) is 95.4 cm³/mol. The Labute approximate surface area is 149 Å². The van der Waals surface area contributed by atoms with Crippen molar-refractivity contribution in [3.05, 3.63) is 28.7 Å². The Morgan fingerprint density at radius 2 is 2.00 bits per heavy atom. The van der Waals surface area contributed by atoms with Gasteiger partial charge >= 0.3 is 5.97 Å². The number of nitrogens with one attached hydrogen (secondary N) is 1. The highest BCUT2D eigenvalue weighted by molar-refractivity contribution is 8.18. The van der Waals surface area contributed by atoms with Gasteiger partial charge in [0.25, 0.3) is 5.91 Å². The molecule has 0 saturated carbocycles. The third-order valence-electron chi connectivity index (χ3n) is 3.19. The number of aliphatic imine (C=N–C) groups is 1. The number of carbonyl (C=O) groups excluding carboxylic acids is 3. The zero-order valence-corrected chi connectivity index (χ0v) is 14.9. The Balaban J connectivity index is 2.21. The van der Waals surface area contributed by atoms with Crippen LogP contribution >= 0.6 is 11.8 Å². The molecule has 0 fully saturated rings. The first-order valence-electron chi connectivity index (χ1n) is 7.68. The van der Waals surface area contributed by atoms with E-state index in [1.54, 1.807) is 38.1 Å². The molecule has 1 heterocycles. The molecule has 0 radical (unpaired) electrons. The molecule has 2 rings (SSSR count). The van der Waals surface area contributed by atoms with Gasteiger partial charge in [-0.25, -0.2) is 0 Å². The third-order valence-corrected chi connectivity index (χ3v) is 4.08. The zero-order valence-electron chi connectivity index (χ0n) is 14.1. The van der Waals surface area contributed by atoms with Crippen LogP contribution in [0.5, 0.6) is 11.5 Å². The second-order valence-corrected chi connectivity index (χ2v) is 6.00. The normalized spacial score (nSPS) is 15.1. The molecule has 0 aromatic heterocycles. The van der Waals surface area contributed by atoms with E-state index >= 15 is 0 Å². The Kier molecular flexibility index (Phi) is 6.35. The van der Waals surface area contributed by atoms with E-state index in [2.05, 4.69) is 10.3 Å². The topological polar surface area (TPSA) is 94.1 Å². The summed E-state index contributed by atoms with van der Waals surface area (Å²) in [5.74, 6) is -0.332. The fourth-order valence-electron chi connectivity index (χ4n) is 1.88. The van der Waals surface area contributed by atoms with Crippen LogP contribution in [0.25, 0.3) is 6.08 Å². The zero-order chi connectivity index (χ0) is 18.4. The molecule has 8 heteroatoms. The van der Waals surface area contributed by atoms with Crippen LogP contribution in [0.3, 0.4) is 0 Å². The lowest BCUT2D eigenvalue weighted by atomic mass is 10.2. The van der Waals surface area contributed by atoms with Crippen LogP contribution in [0.1, 0.15) is 32.3 Å². The number of benzene rings is 1. The van der Waals surface area contributed by atoms with Crippen molar-refractivity contribution in [2.75, 3.05) is 7.11 Å². The smallest absolute Gasteiger partial charge is 0.311 e. The van der Waals surface area contributed by atoms with Crippen LogP contribution in [0.15, 0.2) is 28.1 Å². The molecule has 132 valence electrons. The lowest BCUT2D eigenvalue weighted by Crippen LogP contribution is -2.26. The van der Waals surface area contributed by atoms with Crippen LogP contribution < -0.4 is 14.8 Å². The molecule has 1 aliphatic rings. The predicted octanol–water partition coefficient (Wildman–Crippen LogP) is 2.51. The highest BCUT2D eigenvalue weighted by Crippen LogP contribution is 2.32. The number of methoxy groups -OCH3 is 1. The SMILES string of the molecule is CCC(=O)NC1=NC(=O)C(=Cc2ccc(OC)c(OC(=O)CC)c2)S1. The lowest BCUT2D eigenvalue weighted by molar-refractivity contribution is -0.134. The van der Waals surface area contributed by atoms with Gasteiger partial charge in [-0.1, -0.05) is 19.9 Å². The summed E-state index contributed by atoms with van der Waals surface area (Å²) in [6, 6.07) is 4.98. The molecule has 0 bridgehead atoms. The van der Waals surface area contributed by atoms with Crippen molar-refractivity contribution in [2.24, 2.45) is 4.99 Å². The molecule has 0 unspecified atom stereocenters. The van der Waals surface area contributed by atoms with E-state index in [9.17, 15) is 14.4 Å². The molecular formula is C17H18N2O5S. The van der Waals surface area contributed by atoms with Gasteiger partial charge in [0, 0.05) is 12.8 Å². The number of esters is 1. The van der Waals surface area contributed by atoms with Gasteiger partial charge in [0.1, 0.15) is 0 Å². The van der Waals surface area contributed by atoms with Gasteiger partial charge in [-0.15, -0.1) is 0 Å². The van der Waals surface area contributed by atoms with Crippen LogP contribution in [-0.4, -0.2) is 30.1 Å². The van der Waals surface area contributed by atoms with E-state index in [1.165, 1.54) is 7.11 Å². The first kappa shape index (κ1) is 18.7. The summed E-state index contributed by atoms with van der Waals surface area (Å²) < 4.78 is 10.4. The molecule has 0 atom stereocenters. The van der Waals surface area contributed by atoms with Gasteiger partial charge in [0.2, 0.25) is 5.91 Å². The minimum absolute atomic E-state index is 0.210. The van der Waals surface area contributed by atoms with Crippen molar-refractivity contribution in [1.29, 1.82) is 0 Å². The third kappa shape index (κ3) is 4.93. The number of rotatable bonds is 5. The Hall–Kier alpha value is -2.61. The molecule has 0 aliphatic carbocycles. The average Bonchev–Trinajstić information content (AvgIpc) is 2.94. The van der Waals surface area contributed by atoms with E-state index in [0.717, 1.165) is 11.8 Å². The van der Waals surface area contributed by atoms with Crippen LogP contribution in [-0.2, 0) is 14.4 Å². The summed E-state index contributed by atoms with van der Waals surface area (Å²) >= 11 is 1.08. The Bertz CT molecular complexity index is 770. The molecule has 0 spiro atoms. The molecule has 1 aromatic carbocycles. The number of nitrogens with zero attached hydrogens (tertiary/aromatic N) is 1. The number of amides is 2. The standard InChI is InChI=1S/C17H18N2O5S/c1-4-14(20)18-17-19-16(22)13(25-17)9-10-6-7-11(23-3)12(8-10)24-15(21)5-2/h6-9H,4-5H2,1-3H3,(H,18,19,20,22). The molecule has 1 aliphatic heterocycles. The lowest BCUT2D eigenvalue weighted by Gasteiger charge is -2.09. The maximum absolute atomic E-state index is 12.0. The number of carbonyl (C=O) groups is 3. The molecule has 2 amide bonds. The summed E-state index contributed by atoms with van der Waals surface area (Å²) in [5, 5.41) is 2.82. The second-order valence-electron chi connectivity index (χ2n) is 4.97. The summed E-state index contributed by atoms with van der Waals surface area (Å²) in [6.07, 6.45) is 2.15. The van der Waals surface area contributed by atoms with Crippen LogP contribution in [0.4, 0.5) is 0 Å². The van der Waals surface area contributed by atoms with Crippen molar-refractivity contribution >= 4 is 40.8 Å². The average molecular weight is 362 g/mol. The van der Waals surface area contributed by atoms with E-state index in [4.69, 9.17) is 9.47 Å². The van der Waals surface area contributed by atoms with E-state index < -0.39 is 5.91 Å². The van der Waals surface area contributed by atoms with Gasteiger partial charge in [-0.3, -0.25) is 14.4 Å². The van der Waals surface area contributed by atoms with Gasteiger partial charge in [0.05, 0.1) is 12.0 Å². The fourth-order valence-corrected chi connectivity index (χ4v) is 2.71. The summed E-state index contributed by atoms with van der Waals surface area (Å²) in [7, 11) is 1.48. The number of thioether (sulfide) groups is 1. The monoisotopic (exact) mass is 362 g/mol. The second kappa shape index (κ2) is 8.48. The maximum atomic E-state index is 12.0. The Morgan fingerprint density at radius 1 is 1.24 bits per heavy atom. The largest absolute Gasteiger partial charge is 0.493 e. The van der Waals surface area contributed by atoms with Gasteiger partial charge in [-0.05, 0) is 35.5 Å². The van der Waals surface area contributed by atoms with Crippen molar-refractivity contribution < 1.29 is 23.9 Å². The maximum Gasteiger partial charge on any atom is 0.311 e. The van der Waals surface area contributed by atoms with Crippen molar-refractivity contribution in [3.63, 3.8) is 0 Å². The van der Waals surface area contributed by atoms with Crippen molar-refractivity contribution in [2.45, 2.75) is 26.7 Å². The summed E-state index contributed by atoms with van der Waals surface area (Å²) in [6.45, 7) is 3.41. The molecule has 1 N–H and O–H groups in total. The Morgan fingerprint density at radius 3 is 2.64 bits per heavy atom. The number of amidine groups is 1. The van der Waals surface area contributed by atoms with Gasteiger partial charge in [-0.2, -0.15) is 4.99 Å². The molecule has 0 saturated heterocycles. The van der Waals surface area contributed by atoms with E-state index in [-0.39, 0.29) is 29.2 Å². The van der Waals surface area contributed by atoms with E-state index in [0.29, 0.717) is 22.6 Å². The molecule has 1 aromatic rings. The molecular weight excluding hydrogens is 344 g/mol. The van der Waals surface area contributed by atoms with Crippen LogP contribution in [0, 0.1) is 0 Å². The fraction of sp³-hybridized carbons (Fsp3) is 0.294. The van der Waals surface area contributed by atoms with Crippen molar-refractivity contribution in [1.82, 2.24) is 5.32 Å². The first-order chi connectivity index (χ1) is 12.0. The highest BCUT2D eigenvalue weighted by Gasteiger charge is 2.23. The summed E-state index contributed by atoms with van der Waals surface area (Å²) in [4.78, 5) is 39.0. The summed E-state index contributed by atoms with van der Waals surface area (Å²) in [5.41, 5.74) is 0.647. The van der Waals surface area contributed by atoms with Crippen LogP contribution in [0.2, 0.25) is 0 Å². The minimum atomic E-state index is -0.431. The number of hydrogen-bond acceptors (Lipinski definition) is 6. The quantitative estimate of drug-likeness (QED) is 0.491.